The van der Waals surface area contributed by atoms with Crippen LogP contribution in [0.3, 0.4) is 0 Å². The molecule has 1 amide bonds. The van der Waals surface area contributed by atoms with E-state index in [0.717, 1.165) is 34.4 Å². The van der Waals surface area contributed by atoms with Crippen molar-refractivity contribution in [2.45, 2.75) is 44.7 Å². The summed E-state index contributed by atoms with van der Waals surface area (Å²) in [5, 5.41) is 10.6. The van der Waals surface area contributed by atoms with Gasteiger partial charge in [0, 0.05) is 12.1 Å². The van der Waals surface area contributed by atoms with Crippen molar-refractivity contribution in [3.8, 4) is 5.75 Å². The van der Waals surface area contributed by atoms with Crippen LogP contribution in [0, 0.1) is 0 Å². The van der Waals surface area contributed by atoms with Crippen molar-refractivity contribution < 1.29 is 9.53 Å². The first kappa shape index (κ1) is 18.9. The molecule has 2 aromatic rings. The molecule has 1 aromatic heterocycles. The number of carbonyl (C=O) groups excluding carboxylic acids is 1. The van der Waals surface area contributed by atoms with Crippen molar-refractivity contribution in [2.75, 3.05) is 19.0 Å². The van der Waals surface area contributed by atoms with Crippen molar-refractivity contribution in [3.63, 3.8) is 0 Å². The van der Waals surface area contributed by atoms with Crippen LogP contribution in [-0.4, -0.2) is 29.3 Å². The summed E-state index contributed by atoms with van der Waals surface area (Å²) in [6, 6.07) is 8.22. The van der Waals surface area contributed by atoms with Gasteiger partial charge < -0.3 is 15.4 Å². The second-order valence-electron chi connectivity index (χ2n) is 6.64. The van der Waals surface area contributed by atoms with Gasteiger partial charge in [0.1, 0.15) is 11.6 Å². The maximum Gasteiger partial charge on any atom is 0.239 e. The molecular formula is C19H25BrN4O2. The van der Waals surface area contributed by atoms with Crippen LogP contribution in [0.25, 0.3) is 0 Å². The van der Waals surface area contributed by atoms with E-state index in [1.54, 1.807) is 13.3 Å². The molecule has 1 aromatic carbocycles. The Balaban J connectivity index is 1.54. The molecule has 7 heteroatoms. The minimum atomic E-state index is -0.0656. The maximum absolute atomic E-state index is 12.3. The normalized spacial score (nSPS) is 15.8. The lowest BCUT2D eigenvalue weighted by atomic mass is 10.1. The molecule has 140 valence electrons. The summed E-state index contributed by atoms with van der Waals surface area (Å²) in [6.45, 7) is 2.27. The van der Waals surface area contributed by atoms with E-state index >= 15 is 0 Å². The Labute approximate surface area is 162 Å². The standard InChI is InChI=1S/C19H25BrN4O2/c1-13(14-7-8-17(26-2)16(20)11-14)21-12-19(25)23-18-9-10-22-24(18)15-5-3-4-6-15/h7-11,13,15,21H,3-6,12H2,1-2H3,(H,23,25)/t13-/m0/s1. The molecule has 0 aliphatic heterocycles. The number of benzene rings is 1. The number of hydrogen-bond donors (Lipinski definition) is 2. The summed E-state index contributed by atoms with van der Waals surface area (Å²) < 4.78 is 8.10. The van der Waals surface area contributed by atoms with Crippen molar-refractivity contribution in [2.24, 2.45) is 0 Å². The summed E-state index contributed by atoms with van der Waals surface area (Å²) in [4.78, 5) is 12.3. The lowest BCUT2D eigenvalue weighted by Gasteiger charge is -2.17. The molecule has 6 nitrogen and oxygen atoms in total. The number of rotatable bonds is 7. The second-order valence-corrected chi connectivity index (χ2v) is 7.50. The predicted molar refractivity (Wildman–Crippen MR) is 105 cm³/mol. The fraction of sp³-hybridized carbons (Fsp3) is 0.474. The molecule has 0 radical (unpaired) electrons. The van der Waals surface area contributed by atoms with Crippen LogP contribution in [0.2, 0.25) is 0 Å². The number of anilines is 1. The van der Waals surface area contributed by atoms with E-state index in [9.17, 15) is 4.79 Å². The molecule has 26 heavy (non-hydrogen) atoms. The highest BCUT2D eigenvalue weighted by Gasteiger charge is 2.20. The van der Waals surface area contributed by atoms with Crippen LogP contribution in [0.5, 0.6) is 5.75 Å². The number of hydrogen-bond acceptors (Lipinski definition) is 4. The topological polar surface area (TPSA) is 68.2 Å². The highest BCUT2D eigenvalue weighted by Crippen LogP contribution is 2.31. The Hall–Kier alpha value is -1.86. The molecule has 0 bridgehead atoms. The Morgan fingerprint density at radius 3 is 2.85 bits per heavy atom. The summed E-state index contributed by atoms with van der Waals surface area (Å²) in [5.41, 5.74) is 1.08. The van der Waals surface area contributed by atoms with Gasteiger partial charge in [0.05, 0.1) is 30.4 Å². The molecule has 3 rings (SSSR count). The first-order valence-corrected chi connectivity index (χ1v) is 9.78. The van der Waals surface area contributed by atoms with E-state index in [-0.39, 0.29) is 18.5 Å². The lowest BCUT2D eigenvalue weighted by molar-refractivity contribution is -0.115. The smallest absolute Gasteiger partial charge is 0.239 e. The molecule has 0 unspecified atom stereocenters. The molecule has 2 N–H and O–H groups in total. The summed E-state index contributed by atoms with van der Waals surface area (Å²) >= 11 is 3.49. The lowest BCUT2D eigenvalue weighted by Crippen LogP contribution is -2.31. The van der Waals surface area contributed by atoms with Gasteiger partial charge in [-0.1, -0.05) is 18.9 Å². The molecule has 1 atom stereocenters. The van der Waals surface area contributed by atoms with Crippen molar-refractivity contribution in [1.82, 2.24) is 15.1 Å². The van der Waals surface area contributed by atoms with Crippen molar-refractivity contribution in [3.05, 3.63) is 40.5 Å². The van der Waals surface area contributed by atoms with Crippen LogP contribution in [0.1, 0.15) is 50.3 Å². The molecule has 1 heterocycles. The molecule has 1 aliphatic rings. The fourth-order valence-electron chi connectivity index (χ4n) is 3.36. The van der Waals surface area contributed by atoms with Crippen molar-refractivity contribution >= 4 is 27.7 Å². The Bertz CT molecular complexity index is 756. The third-order valence-corrected chi connectivity index (χ3v) is 5.47. The highest BCUT2D eigenvalue weighted by atomic mass is 79.9. The van der Waals surface area contributed by atoms with E-state index in [2.05, 4.69) is 31.7 Å². The van der Waals surface area contributed by atoms with Gasteiger partial charge in [-0.25, -0.2) is 4.68 Å². The third kappa shape index (κ3) is 4.45. The molecule has 0 saturated heterocycles. The summed E-state index contributed by atoms with van der Waals surface area (Å²) in [5.74, 6) is 1.51. The number of ether oxygens (including phenoxy) is 1. The average Bonchev–Trinajstić information content (AvgIpc) is 3.30. The number of aromatic nitrogens is 2. The minimum Gasteiger partial charge on any atom is -0.496 e. The quantitative estimate of drug-likeness (QED) is 0.708. The van der Waals surface area contributed by atoms with Gasteiger partial charge in [-0.15, -0.1) is 0 Å². The Morgan fingerprint density at radius 1 is 1.38 bits per heavy atom. The molecule has 1 saturated carbocycles. The predicted octanol–water partition coefficient (Wildman–Crippen LogP) is 4.06. The van der Waals surface area contributed by atoms with E-state index < -0.39 is 0 Å². The van der Waals surface area contributed by atoms with E-state index in [1.807, 2.05) is 35.9 Å². The zero-order valence-corrected chi connectivity index (χ0v) is 16.8. The van der Waals surface area contributed by atoms with Gasteiger partial charge in [-0.05, 0) is 53.4 Å². The monoisotopic (exact) mass is 420 g/mol. The largest absolute Gasteiger partial charge is 0.496 e. The van der Waals surface area contributed by atoms with Gasteiger partial charge in [0.25, 0.3) is 0 Å². The first-order chi connectivity index (χ1) is 12.6. The molecule has 1 aliphatic carbocycles. The minimum absolute atomic E-state index is 0.0442. The number of methoxy groups -OCH3 is 1. The van der Waals surface area contributed by atoms with Gasteiger partial charge in [-0.3, -0.25) is 4.79 Å². The van der Waals surface area contributed by atoms with Crippen LogP contribution in [0.15, 0.2) is 34.9 Å². The van der Waals surface area contributed by atoms with Crippen molar-refractivity contribution in [1.29, 1.82) is 0 Å². The van der Waals surface area contributed by atoms with E-state index in [1.165, 1.54) is 12.8 Å². The zero-order valence-electron chi connectivity index (χ0n) is 15.2. The van der Waals surface area contributed by atoms with E-state index in [4.69, 9.17) is 4.74 Å². The van der Waals surface area contributed by atoms with Gasteiger partial charge in [0.2, 0.25) is 5.91 Å². The third-order valence-electron chi connectivity index (χ3n) is 4.85. The van der Waals surface area contributed by atoms with Crippen LogP contribution in [-0.2, 0) is 4.79 Å². The van der Waals surface area contributed by atoms with Crippen LogP contribution >= 0.6 is 15.9 Å². The fourth-order valence-corrected chi connectivity index (χ4v) is 3.91. The summed E-state index contributed by atoms with van der Waals surface area (Å²) in [6.07, 6.45) is 6.47. The number of halogens is 1. The Morgan fingerprint density at radius 2 is 2.15 bits per heavy atom. The van der Waals surface area contributed by atoms with Crippen LogP contribution in [0.4, 0.5) is 5.82 Å². The van der Waals surface area contributed by atoms with Crippen LogP contribution < -0.4 is 15.4 Å². The number of nitrogens with one attached hydrogen (secondary N) is 2. The molecular weight excluding hydrogens is 396 g/mol. The van der Waals surface area contributed by atoms with Gasteiger partial charge in [0.15, 0.2) is 0 Å². The SMILES string of the molecule is COc1ccc([C@H](C)NCC(=O)Nc2ccnn2C2CCCC2)cc1Br. The highest BCUT2D eigenvalue weighted by molar-refractivity contribution is 9.10. The maximum atomic E-state index is 12.3. The van der Waals surface area contributed by atoms with Gasteiger partial charge >= 0.3 is 0 Å². The molecule has 0 spiro atoms. The Kier molecular flexibility index (Phi) is 6.32. The number of amides is 1. The zero-order chi connectivity index (χ0) is 18.5. The van der Waals surface area contributed by atoms with Gasteiger partial charge in [-0.2, -0.15) is 5.10 Å². The second kappa shape index (κ2) is 8.68. The molecule has 1 fully saturated rings. The summed E-state index contributed by atoms with van der Waals surface area (Å²) in [7, 11) is 1.64. The number of nitrogens with zero attached hydrogens (tertiary/aromatic N) is 2. The van der Waals surface area contributed by atoms with E-state index in [0.29, 0.717) is 6.04 Å². The average molecular weight is 421 g/mol. The number of carbonyl (C=O) groups is 1. The first-order valence-electron chi connectivity index (χ1n) is 8.98.